The van der Waals surface area contributed by atoms with Gasteiger partial charge in [0.15, 0.2) is 0 Å². The van der Waals surface area contributed by atoms with Crippen molar-refractivity contribution in [3.8, 4) is 0 Å². The molecule has 0 radical (unpaired) electrons. The minimum atomic E-state index is -2.56. The third-order valence-corrected chi connectivity index (χ3v) is 1.18. The number of nitrogens with zero attached hydrogens (tertiary/aromatic N) is 1. The van der Waals surface area contributed by atoms with Crippen LogP contribution in [-0.4, -0.2) is 11.5 Å². The van der Waals surface area contributed by atoms with Crippen molar-refractivity contribution in [2.75, 3.05) is 6.61 Å². The molecule has 0 saturated heterocycles. The van der Waals surface area contributed by atoms with E-state index in [4.69, 9.17) is 10.00 Å². The standard InChI is InChI=1S/C5H5NO3P.C2H5O/c7-10(8)9-6-4-2-1-3-5-6;1-2-3/h1-5H;2H2,1H3/q+1;-1/p+1. The maximum Gasteiger partial charge on any atom is 0.811 e. The molecule has 0 aliphatic rings. The van der Waals surface area contributed by atoms with Crippen molar-refractivity contribution in [2.24, 2.45) is 0 Å². The highest BCUT2D eigenvalue weighted by molar-refractivity contribution is 7.32. The van der Waals surface area contributed by atoms with Crippen molar-refractivity contribution < 1.29 is 23.9 Å². The number of pyridine rings is 1. The second-order valence-electron chi connectivity index (χ2n) is 1.84. The zero-order chi connectivity index (χ0) is 10.1. The van der Waals surface area contributed by atoms with Gasteiger partial charge in [-0.1, -0.05) is 13.0 Å². The molecule has 13 heavy (non-hydrogen) atoms. The van der Waals surface area contributed by atoms with Gasteiger partial charge in [-0.2, -0.15) is 0 Å². The van der Waals surface area contributed by atoms with Gasteiger partial charge in [0, 0.05) is 21.3 Å². The van der Waals surface area contributed by atoms with Crippen LogP contribution in [-0.2, 0) is 4.57 Å². The van der Waals surface area contributed by atoms with Gasteiger partial charge in [-0.25, -0.2) is 0 Å². The number of aromatic nitrogens is 1. The van der Waals surface area contributed by atoms with Crippen LogP contribution in [0.2, 0.25) is 0 Å². The molecule has 0 aromatic carbocycles. The first-order chi connectivity index (χ1) is 6.20. The molecule has 1 N–H and O–H groups in total. The predicted molar refractivity (Wildman–Crippen MR) is 43.6 cm³/mol. The summed E-state index contributed by atoms with van der Waals surface area (Å²) in [6, 6.07) is 5.17. The van der Waals surface area contributed by atoms with E-state index >= 15 is 0 Å². The Hall–Kier alpha value is -1.03. The highest BCUT2D eigenvalue weighted by atomic mass is 31.1. The molecule has 0 amide bonds. The topological polar surface area (TPSA) is 73.5 Å². The molecule has 6 heteroatoms. The van der Waals surface area contributed by atoms with Crippen molar-refractivity contribution in [1.29, 1.82) is 0 Å². The van der Waals surface area contributed by atoms with Crippen molar-refractivity contribution in [3.63, 3.8) is 0 Å². The molecule has 0 aliphatic heterocycles. The summed E-state index contributed by atoms with van der Waals surface area (Å²) in [5, 5.41) is 8.93. The molecule has 72 valence electrons. The van der Waals surface area contributed by atoms with Crippen LogP contribution in [0.5, 0.6) is 0 Å². The van der Waals surface area contributed by atoms with Crippen LogP contribution in [0.1, 0.15) is 6.92 Å². The summed E-state index contributed by atoms with van der Waals surface area (Å²) in [7, 11) is -2.56. The Kier molecular flexibility index (Phi) is 7.01. The minimum absolute atomic E-state index is 0. The molecule has 1 unspecified atom stereocenters. The molecule has 1 aromatic rings. The van der Waals surface area contributed by atoms with Gasteiger partial charge in [0.05, 0.1) is 4.73 Å². The average Bonchev–Trinajstić information content (AvgIpc) is 2.06. The third-order valence-electron chi connectivity index (χ3n) is 0.852. The lowest BCUT2D eigenvalue weighted by Crippen LogP contribution is -2.37. The second kappa shape index (κ2) is 7.61. The van der Waals surface area contributed by atoms with Gasteiger partial charge < -0.3 is 5.11 Å². The fourth-order valence-electron chi connectivity index (χ4n) is 0.518. The first-order valence-corrected chi connectivity index (χ1v) is 4.72. The molecular weight excluding hydrogens is 193 g/mol. The van der Waals surface area contributed by atoms with Gasteiger partial charge in [0.1, 0.15) is 0 Å². The Labute approximate surface area is 77.1 Å². The summed E-state index contributed by atoms with van der Waals surface area (Å²) >= 11 is 0. The lowest BCUT2D eigenvalue weighted by Gasteiger charge is -1.79. The van der Waals surface area contributed by atoms with E-state index in [9.17, 15) is 4.57 Å². The van der Waals surface area contributed by atoms with Crippen molar-refractivity contribution in [1.82, 2.24) is 0 Å². The summed E-state index contributed by atoms with van der Waals surface area (Å²) in [5.74, 6) is 0. The van der Waals surface area contributed by atoms with E-state index in [1.807, 2.05) is 0 Å². The Balaban J connectivity index is 0.000000424. The van der Waals surface area contributed by atoms with Gasteiger partial charge in [-0.15, -0.1) is 11.5 Å². The molecule has 1 heterocycles. The normalized spacial score (nSPS) is 9.62. The highest BCUT2D eigenvalue weighted by Gasteiger charge is 2.20. The van der Waals surface area contributed by atoms with E-state index in [2.05, 4.69) is 4.62 Å². The van der Waals surface area contributed by atoms with Gasteiger partial charge in [0.2, 0.25) is 12.4 Å². The summed E-state index contributed by atoms with van der Waals surface area (Å²) in [6.45, 7) is 1.57. The zero-order valence-electron chi connectivity index (χ0n) is 7.16. The molecule has 0 bridgehead atoms. The summed E-state index contributed by atoms with van der Waals surface area (Å²) < 4.78 is 15.6. The zero-order valence-corrected chi connectivity index (χ0v) is 8.05. The Morgan fingerprint density at radius 1 is 1.46 bits per heavy atom. The largest absolute Gasteiger partial charge is 0.855 e. The van der Waals surface area contributed by atoms with Crippen molar-refractivity contribution in [3.05, 3.63) is 30.6 Å². The van der Waals surface area contributed by atoms with Crippen LogP contribution in [0.25, 0.3) is 0 Å². The predicted octanol–water partition coefficient (Wildman–Crippen LogP) is -0.581. The third kappa shape index (κ3) is 7.33. The molecule has 0 fully saturated rings. The first kappa shape index (κ1) is 12.0. The van der Waals surface area contributed by atoms with Crippen LogP contribution in [0.4, 0.5) is 0 Å². The average molecular weight is 204 g/mol. The first-order valence-electron chi connectivity index (χ1n) is 3.59. The Morgan fingerprint density at radius 3 is 2.31 bits per heavy atom. The Bertz CT molecular complexity index is 242. The van der Waals surface area contributed by atoms with Gasteiger partial charge in [0.25, 0.3) is 0 Å². The van der Waals surface area contributed by atoms with Crippen LogP contribution in [0.3, 0.4) is 0 Å². The van der Waals surface area contributed by atoms with E-state index in [0.29, 0.717) is 0 Å². The number of hydrogen-bond acceptors (Lipinski definition) is 3. The SMILES string of the molecule is CC[O-].O=[P+](O)O[n+]1ccccc1. The van der Waals surface area contributed by atoms with E-state index in [0.717, 1.165) is 0 Å². The van der Waals surface area contributed by atoms with E-state index in [1.54, 1.807) is 25.1 Å². The molecule has 1 atom stereocenters. The van der Waals surface area contributed by atoms with Gasteiger partial charge >= 0.3 is 8.25 Å². The van der Waals surface area contributed by atoms with Crippen molar-refractivity contribution >= 4 is 8.25 Å². The molecule has 0 saturated carbocycles. The molecule has 1 aromatic heterocycles. The second-order valence-corrected chi connectivity index (χ2v) is 2.48. The highest BCUT2D eigenvalue weighted by Crippen LogP contribution is 2.03. The molecule has 0 aliphatic carbocycles. The van der Waals surface area contributed by atoms with Gasteiger partial charge in [-0.3, -0.25) is 0 Å². The number of hydrogen-bond donors (Lipinski definition) is 1. The minimum Gasteiger partial charge on any atom is -0.855 e. The van der Waals surface area contributed by atoms with E-state index in [-0.39, 0.29) is 6.61 Å². The summed E-state index contributed by atoms with van der Waals surface area (Å²) in [6.07, 6.45) is 3.06. The van der Waals surface area contributed by atoms with Crippen LogP contribution >= 0.6 is 8.25 Å². The molecular formula is C7H11NO4P+. The lowest BCUT2D eigenvalue weighted by atomic mass is 10.5. The molecule has 0 spiro atoms. The van der Waals surface area contributed by atoms with Crippen LogP contribution in [0.15, 0.2) is 30.6 Å². The van der Waals surface area contributed by atoms with E-state index < -0.39 is 8.25 Å². The quantitative estimate of drug-likeness (QED) is 0.516. The summed E-state index contributed by atoms with van der Waals surface area (Å²) in [4.78, 5) is 8.27. The maximum absolute atomic E-state index is 10.1. The van der Waals surface area contributed by atoms with E-state index in [1.165, 1.54) is 17.1 Å². The fourth-order valence-corrected chi connectivity index (χ4v) is 0.788. The molecule has 5 nitrogen and oxygen atoms in total. The number of rotatable bonds is 2. The van der Waals surface area contributed by atoms with Crippen molar-refractivity contribution in [2.45, 2.75) is 6.92 Å². The lowest BCUT2D eigenvalue weighted by molar-refractivity contribution is -0.858. The maximum atomic E-state index is 10.1. The summed E-state index contributed by atoms with van der Waals surface area (Å²) in [5.41, 5.74) is 0. The Morgan fingerprint density at radius 2 is 1.92 bits per heavy atom. The van der Waals surface area contributed by atoms with Gasteiger partial charge in [-0.05, 0) is 0 Å². The van der Waals surface area contributed by atoms with Crippen LogP contribution < -0.4 is 14.5 Å². The fraction of sp³-hybridized carbons (Fsp3) is 0.286. The monoisotopic (exact) mass is 204 g/mol. The molecule has 1 rings (SSSR count). The smallest absolute Gasteiger partial charge is 0.811 e. The van der Waals surface area contributed by atoms with Crippen LogP contribution in [0, 0.1) is 0 Å².